The standard InChI is InChI=1S/C13H28N4/c1-4-11-17(12-9-15-3)13-10-16-8-6-5-7-14-2/h1,14-16H,5-13H2,2-3H3. The fourth-order valence-electron chi connectivity index (χ4n) is 1.58. The van der Waals surface area contributed by atoms with Crippen molar-refractivity contribution in [2.24, 2.45) is 0 Å². The Morgan fingerprint density at radius 2 is 1.59 bits per heavy atom. The first-order valence-corrected chi connectivity index (χ1v) is 6.51. The summed E-state index contributed by atoms with van der Waals surface area (Å²) in [5.41, 5.74) is 0. The molecule has 0 rings (SSSR count). The third kappa shape index (κ3) is 11.7. The van der Waals surface area contributed by atoms with E-state index in [4.69, 9.17) is 6.42 Å². The highest BCUT2D eigenvalue weighted by Gasteiger charge is 2.01. The van der Waals surface area contributed by atoms with Crippen LogP contribution >= 0.6 is 0 Å². The molecule has 0 unspecified atom stereocenters. The maximum absolute atomic E-state index is 5.35. The van der Waals surface area contributed by atoms with Gasteiger partial charge < -0.3 is 16.0 Å². The van der Waals surface area contributed by atoms with Crippen molar-refractivity contribution in [3.05, 3.63) is 0 Å². The van der Waals surface area contributed by atoms with E-state index in [9.17, 15) is 0 Å². The van der Waals surface area contributed by atoms with E-state index >= 15 is 0 Å². The minimum atomic E-state index is 0.739. The minimum Gasteiger partial charge on any atom is -0.320 e. The zero-order valence-corrected chi connectivity index (χ0v) is 11.4. The number of hydrogen-bond acceptors (Lipinski definition) is 4. The van der Waals surface area contributed by atoms with Crippen LogP contribution in [0.3, 0.4) is 0 Å². The molecule has 0 spiro atoms. The molecule has 0 bridgehead atoms. The van der Waals surface area contributed by atoms with Crippen molar-refractivity contribution in [3.8, 4) is 12.3 Å². The number of likely N-dealkylation sites (N-methyl/N-ethyl adjacent to an activating group) is 1. The van der Waals surface area contributed by atoms with Crippen LogP contribution in [0.5, 0.6) is 0 Å². The third-order valence-electron chi connectivity index (χ3n) is 2.63. The quantitative estimate of drug-likeness (QED) is 0.324. The zero-order valence-electron chi connectivity index (χ0n) is 11.4. The van der Waals surface area contributed by atoms with Crippen LogP contribution in [0.15, 0.2) is 0 Å². The highest BCUT2D eigenvalue weighted by atomic mass is 15.1. The number of nitrogens with zero attached hydrogens (tertiary/aromatic N) is 1. The van der Waals surface area contributed by atoms with E-state index in [0.29, 0.717) is 0 Å². The zero-order chi connectivity index (χ0) is 12.8. The number of hydrogen-bond donors (Lipinski definition) is 3. The molecule has 0 heterocycles. The van der Waals surface area contributed by atoms with Crippen molar-refractivity contribution in [1.82, 2.24) is 20.9 Å². The average molecular weight is 240 g/mol. The summed E-state index contributed by atoms with van der Waals surface area (Å²) in [4.78, 5) is 2.29. The van der Waals surface area contributed by atoms with Gasteiger partial charge in [0, 0.05) is 26.2 Å². The number of nitrogens with one attached hydrogen (secondary N) is 3. The average Bonchev–Trinajstić information content (AvgIpc) is 2.34. The molecule has 0 aliphatic rings. The van der Waals surface area contributed by atoms with Gasteiger partial charge >= 0.3 is 0 Å². The van der Waals surface area contributed by atoms with Gasteiger partial charge in [-0.05, 0) is 40.0 Å². The molecule has 0 fully saturated rings. The normalized spacial score (nSPS) is 10.7. The van der Waals surface area contributed by atoms with Crippen LogP contribution in [-0.2, 0) is 0 Å². The van der Waals surface area contributed by atoms with Gasteiger partial charge in [-0.3, -0.25) is 4.90 Å². The van der Waals surface area contributed by atoms with Crippen molar-refractivity contribution >= 4 is 0 Å². The summed E-state index contributed by atoms with van der Waals surface area (Å²) in [5.74, 6) is 2.71. The van der Waals surface area contributed by atoms with Crippen LogP contribution in [0, 0.1) is 12.3 Å². The summed E-state index contributed by atoms with van der Waals surface area (Å²) in [6, 6.07) is 0. The molecule has 0 aliphatic carbocycles. The Morgan fingerprint density at radius 3 is 2.24 bits per heavy atom. The van der Waals surface area contributed by atoms with Gasteiger partial charge in [-0.25, -0.2) is 0 Å². The molecule has 0 aromatic heterocycles. The molecule has 4 heteroatoms. The van der Waals surface area contributed by atoms with Gasteiger partial charge in [0.15, 0.2) is 0 Å². The van der Waals surface area contributed by atoms with Gasteiger partial charge in [-0.2, -0.15) is 0 Å². The number of terminal acetylenes is 1. The number of unbranched alkanes of at least 4 members (excludes halogenated alkanes) is 1. The lowest BCUT2D eigenvalue weighted by Crippen LogP contribution is -2.36. The molecule has 100 valence electrons. The van der Waals surface area contributed by atoms with Gasteiger partial charge in [0.05, 0.1) is 6.54 Å². The molecule has 0 aromatic carbocycles. The molecule has 0 atom stereocenters. The van der Waals surface area contributed by atoms with Gasteiger partial charge in [0.1, 0.15) is 0 Å². The summed E-state index contributed by atoms with van der Waals surface area (Å²) >= 11 is 0. The minimum absolute atomic E-state index is 0.739. The largest absolute Gasteiger partial charge is 0.320 e. The predicted octanol–water partition coefficient (Wildman–Crippen LogP) is -0.270. The Bertz CT molecular complexity index is 188. The SMILES string of the molecule is C#CCN(CCNC)CCNCCCCNC. The second kappa shape index (κ2) is 13.5. The Labute approximate surface area is 107 Å². The lowest BCUT2D eigenvalue weighted by Gasteiger charge is -2.19. The van der Waals surface area contributed by atoms with Crippen molar-refractivity contribution in [1.29, 1.82) is 0 Å². The summed E-state index contributed by atoms with van der Waals surface area (Å²) in [7, 11) is 3.96. The maximum atomic E-state index is 5.35. The van der Waals surface area contributed by atoms with Crippen molar-refractivity contribution in [2.75, 3.05) is 59.9 Å². The smallest absolute Gasteiger partial charge is 0.0599 e. The summed E-state index contributed by atoms with van der Waals surface area (Å²) in [5, 5.41) is 9.75. The van der Waals surface area contributed by atoms with Crippen LogP contribution in [-0.4, -0.2) is 64.8 Å². The molecule has 17 heavy (non-hydrogen) atoms. The van der Waals surface area contributed by atoms with Gasteiger partial charge in [0.2, 0.25) is 0 Å². The Morgan fingerprint density at radius 1 is 0.941 bits per heavy atom. The first-order valence-electron chi connectivity index (χ1n) is 6.51. The monoisotopic (exact) mass is 240 g/mol. The van der Waals surface area contributed by atoms with E-state index in [1.807, 2.05) is 14.1 Å². The fraction of sp³-hybridized carbons (Fsp3) is 0.846. The van der Waals surface area contributed by atoms with E-state index in [2.05, 4.69) is 26.8 Å². The highest BCUT2D eigenvalue weighted by molar-refractivity contribution is 4.88. The third-order valence-corrected chi connectivity index (χ3v) is 2.63. The van der Waals surface area contributed by atoms with E-state index in [1.165, 1.54) is 12.8 Å². The van der Waals surface area contributed by atoms with Crippen LogP contribution in [0.4, 0.5) is 0 Å². The van der Waals surface area contributed by atoms with Crippen LogP contribution in [0.25, 0.3) is 0 Å². The van der Waals surface area contributed by atoms with E-state index in [1.54, 1.807) is 0 Å². The van der Waals surface area contributed by atoms with Crippen molar-refractivity contribution in [2.45, 2.75) is 12.8 Å². The number of rotatable bonds is 12. The summed E-state index contributed by atoms with van der Waals surface area (Å²) in [6.45, 7) is 6.99. The highest BCUT2D eigenvalue weighted by Crippen LogP contribution is 1.86. The molecule has 0 aromatic rings. The first-order chi connectivity index (χ1) is 8.35. The van der Waals surface area contributed by atoms with Gasteiger partial charge in [0.25, 0.3) is 0 Å². The van der Waals surface area contributed by atoms with Crippen LogP contribution < -0.4 is 16.0 Å². The topological polar surface area (TPSA) is 39.3 Å². The molecule has 0 saturated carbocycles. The molecule has 4 nitrogen and oxygen atoms in total. The fourth-order valence-corrected chi connectivity index (χ4v) is 1.58. The second-order valence-corrected chi connectivity index (χ2v) is 4.14. The summed E-state index contributed by atoms with van der Waals surface area (Å²) in [6.07, 6.45) is 7.81. The molecule has 0 aliphatic heterocycles. The maximum Gasteiger partial charge on any atom is 0.0599 e. The van der Waals surface area contributed by atoms with Crippen molar-refractivity contribution in [3.63, 3.8) is 0 Å². The van der Waals surface area contributed by atoms with Gasteiger partial charge in [-0.1, -0.05) is 5.92 Å². The molecule has 3 N–H and O–H groups in total. The summed E-state index contributed by atoms with van der Waals surface area (Å²) < 4.78 is 0. The van der Waals surface area contributed by atoms with Gasteiger partial charge in [-0.15, -0.1) is 6.42 Å². The molecular weight excluding hydrogens is 212 g/mol. The Balaban J connectivity index is 3.38. The van der Waals surface area contributed by atoms with E-state index in [-0.39, 0.29) is 0 Å². The molecule has 0 amide bonds. The van der Waals surface area contributed by atoms with Crippen LogP contribution in [0.2, 0.25) is 0 Å². The second-order valence-electron chi connectivity index (χ2n) is 4.14. The van der Waals surface area contributed by atoms with E-state index < -0.39 is 0 Å². The Kier molecular flexibility index (Phi) is 13.0. The molecule has 0 saturated heterocycles. The van der Waals surface area contributed by atoms with Crippen molar-refractivity contribution < 1.29 is 0 Å². The Hall–Kier alpha value is -0.600. The molecular formula is C13H28N4. The lowest BCUT2D eigenvalue weighted by molar-refractivity contribution is 0.306. The lowest BCUT2D eigenvalue weighted by atomic mass is 10.3. The molecule has 0 radical (unpaired) electrons. The first kappa shape index (κ1) is 16.4. The predicted molar refractivity (Wildman–Crippen MR) is 75.2 cm³/mol. The van der Waals surface area contributed by atoms with Crippen LogP contribution in [0.1, 0.15) is 12.8 Å². The van der Waals surface area contributed by atoms with E-state index in [0.717, 1.165) is 45.8 Å².